The molecule has 0 aromatic rings. The molecule has 6 heavy (non-hydrogen) atoms. The number of nitrogens with one attached hydrogen (secondary N) is 1. The summed E-state index contributed by atoms with van der Waals surface area (Å²) < 4.78 is 0. The first kappa shape index (κ1) is 5.70. The van der Waals surface area contributed by atoms with Gasteiger partial charge in [-0.25, -0.2) is 0 Å². The Morgan fingerprint density at radius 2 is 2.50 bits per heavy atom. The van der Waals surface area contributed by atoms with Crippen LogP contribution in [0.25, 0.3) is 0 Å². The van der Waals surface area contributed by atoms with Gasteiger partial charge in [0.15, 0.2) is 0 Å². The van der Waals surface area contributed by atoms with Crippen molar-refractivity contribution in [1.29, 1.82) is 0 Å². The zero-order valence-electron chi connectivity index (χ0n) is 4.07. The van der Waals surface area contributed by atoms with Crippen LogP contribution in [0.2, 0.25) is 0 Å². The molecule has 0 saturated carbocycles. The Hall–Kier alpha value is -0.300. The first-order valence-corrected chi connectivity index (χ1v) is 2.15. The maximum absolute atomic E-state index is 6.95. The molecule has 1 unspecified atom stereocenters. The lowest BCUT2D eigenvalue weighted by atomic mass is 10.2. The van der Waals surface area contributed by atoms with Crippen LogP contribution < -0.4 is 5.73 Å². The van der Waals surface area contributed by atoms with E-state index in [9.17, 15) is 0 Å². The fraction of sp³-hybridized carbons (Fsp3) is 0.600. The van der Waals surface area contributed by atoms with Gasteiger partial charge in [0, 0.05) is 6.04 Å². The van der Waals surface area contributed by atoms with Gasteiger partial charge in [0.1, 0.15) is 0 Å². The average Bonchev–Trinajstić information content (AvgIpc) is 1.65. The van der Waals surface area contributed by atoms with Crippen molar-refractivity contribution in [1.82, 2.24) is 5.73 Å². The zero-order valence-corrected chi connectivity index (χ0v) is 4.07. The Balaban J connectivity index is 2.96. The molecule has 0 aliphatic heterocycles. The highest BCUT2D eigenvalue weighted by Gasteiger charge is 1.85. The molecule has 0 aliphatic carbocycles. The van der Waals surface area contributed by atoms with E-state index in [4.69, 9.17) is 5.73 Å². The van der Waals surface area contributed by atoms with Crippen molar-refractivity contribution >= 4 is 0 Å². The van der Waals surface area contributed by atoms with E-state index in [2.05, 4.69) is 6.58 Å². The predicted molar refractivity (Wildman–Crippen MR) is 27.4 cm³/mol. The van der Waals surface area contributed by atoms with Gasteiger partial charge in [-0.05, 0) is 6.42 Å². The quantitative estimate of drug-likeness (QED) is 0.449. The third kappa shape index (κ3) is 1.97. The van der Waals surface area contributed by atoms with Gasteiger partial charge in [0.05, 0.1) is 0 Å². The third-order valence-electron chi connectivity index (χ3n) is 0.724. The van der Waals surface area contributed by atoms with Crippen molar-refractivity contribution < 1.29 is 0 Å². The van der Waals surface area contributed by atoms with Gasteiger partial charge in [-0.15, -0.1) is 6.58 Å². The highest BCUT2D eigenvalue weighted by molar-refractivity contribution is 4.79. The zero-order chi connectivity index (χ0) is 4.99. The van der Waals surface area contributed by atoms with Crippen molar-refractivity contribution in [2.75, 3.05) is 0 Å². The van der Waals surface area contributed by atoms with E-state index in [0.29, 0.717) is 0 Å². The Morgan fingerprint density at radius 1 is 2.00 bits per heavy atom. The van der Waals surface area contributed by atoms with Crippen LogP contribution in [0, 0.1) is 0 Å². The third-order valence-corrected chi connectivity index (χ3v) is 0.724. The summed E-state index contributed by atoms with van der Waals surface area (Å²) in [7, 11) is 0. The van der Waals surface area contributed by atoms with Crippen LogP contribution in [0.3, 0.4) is 0 Å². The Labute approximate surface area is 38.8 Å². The lowest BCUT2D eigenvalue weighted by molar-refractivity contribution is 0.761. The molecule has 0 aromatic carbocycles. The van der Waals surface area contributed by atoms with Crippen molar-refractivity contribution in [3.05, 3.63) is 12.7 Å². The van der Waals surface area contributed by atoms with E-state index in [1.54, 1.807) is 6.08 Å². The summed E-state index contributed by atoms with van der Waals surface area (Å²) in [5.41, 5.74) is 6.95. The molecule has 1 N–H and O–H groups in total. The van der Waals surface area contributed by atoms with Gasteiger partial charge in [-0.3, -0.25) is 5.73 Å². The molecule has 0 heterocycles. The van der Waals surface area contributed by atoms with Crippen molar-refractivity contribution in [3.63, 3.8) is 0 Å². The highest BCUT2D eigenvalue weighted by Crippen LogP contribution is 1.85. The van der Waals surface area contributed by atoms with Crippen LogP contribution >= 0.6 is 0 Å². The minimum Gasteiger partial charge on any atom is -0.250 e. The van der Waals surface area contributed by atoms with Gasteiger partial charge >= 0.3 is 0 Å². The summed E-state index contributed by atoms with van der Waals surface area (Å²) in [6.07, 6.45) is 2.52. The van der Waals surface area contributed by atoms with E-state index in [-0.39, 0.29) is 6.04 Å². The number of rotatable bonds is 2. The molecule has 0 amide bonds. The first-order chi connectivity index (χ1) is 2.81. The normalized spacial score (nSPS) is 13.7. The first-order valence-electron chi connectivity index (χ1n) is 2.15. The summed E-state index contributed by atoms with van der Waals surface area (Å²) in [4.78, 5) is 0. The molecule has 1 atom stereocenters. The summed E-state index contributed by atoms with van der Waals surface area (Å²) in [5, 5.41) is 0. The van der Waals surface area contributed by atoms with Gasteiger partial charge in [-0.2, -0.15) is 0 Å². The lowest BCUT2D eigenvalue weighted by Gasteiger charge is -1.93. The Kier molecular flexibility index (Phi) is 2.77. The van der Waals surface area contributed by atoms with Gasteiger partial charge < -0.3 is 0 Å². The highest BCUT2D eigenvalue weighted by atomic mass is 14.6. The van der Waals surface area contributed by atoms with Crippen LogP contribution in [0.4, 0.5) is 0 Å². The smallest absolute Gasteiger partial charge is 0.0387 e. The minimum absolute atomic E-state index is 0.0509. The summed E-state index contributed by atoms with van der Waals surface area (Å²) in [5.74, 6) is 0. The molecule has 0 rings (SSSR count). The van der Waals surface area contributed by atoms with Gasteiger partial charge in [0.25, 0.3) is 0 Å². The maximum atomic E-state index is 6.95. The molecule has 0 fully saturated rings. The topological polar surface area (TPSA) is 23.8 Å². The van der Waals surface area contributed by atoms with Gasteiger partial charge in [0.2, 0.25) is 0 Å². The SMILES string of the molecule is C=CC([NH])CC. The van der Waals surface area contributed by atoms with Crippen molar-refractivity contribution in [2.45, 2.75) is 19.4 Å². The molecule has 1 radical (unpaired) electrons. The van der Waals surface area contributed by atoms with E-state index in [1.807, 2.05) is 6.92 Å². The molecule has 1 nitrogen and oxygen atoms in total. The van der Waals surface area contributed by atoms with Crippen LogP contribution in [-0.4, -0.2) is 6.04 Å². The molecule has 0 saturated heterocycles. The van der Waals surface area contributed by atoms with E-state index in [0.717, 1.165) is 6.42 Å². The molecule has 0 spiro atoms. The lowest BCUT2D eigenvalue weighted by Crippen LogP contribution is -1.99. The predicted octanol–water partition coefficient (Wildman–Crippen LogP) is 1.23. The van der Waals surface area contributed by atoms with Crippen LogP contribution in [-0.2, 0) is 0 Å². The monoisotopic (exact) mass is 84.1 g/mol. The van der Waals surface area contributed by atoms with E-state index >= 15 is 0 Å². The Bertz CT molecular complexity index is 41.2. The van der Waals surface area contributed by atoms with E-state index < -0.39 is 0 Å². The maximum Gasteiger partial charge on any atom is 0.0387 e. The largest absolute Gasteiger partial charge is 0.250 e. The average molecular weight is 84.1 g/mol. The molecule has 0 aliphatic rings. The Morgan fingerprint density at radius 3 is 2.50 bits per heavy atom. The minimum atomic E-state index is -0.0509. The number of hydrogen-bond donors (Lipinski definition) is 0. The van der Waals surface area contributed by atoms with E-state index in [1.165, 1.54) is 0 Å². The summed E-state index contributed by atoms with van der Waals surface area (Å²) in [6.45, 7) is 5.42. The van der Waals surface area contributed by atoms with Crippen molar-refractivity contribution in [3.8, 4) is 0 Å². The second-order valence-corrected chi connectivity index (χ2v) is 1.25. The van der Waals surface area contributed by atoms with Crippen LogP contribution in [0.1, 0.15) is 13.3 Å². The molecule has 0 aromatic heterocycles. The standard InChI is InChI=1S/C5H10N/c1-3-5(6)4-2/h3,5-6H,1,4H2,2H3. The second kappa shape index (κ2) is 2.91. The molecule has 1 heteroatoms. The molecular weight excluding hydrogens is 74.1 g/mol. The molecular formula is C5H10N. The van der Waals surface area contributed by atoms with Crippen LogP contribution in [0.5, 0.6) is 0 Å². The number of hydrogen-bond acceptors (Lipinski definition) is 0. The molecule has 0 bridgehead atoms. The van der Waals surface area contributed by atoms with Crippen LogP contribution in [0.15, 0.2) is 12.7 Å². The van der Waals surface area contributed by atoms with Gasteiger partial charge in [-0.1, -0.05) is 13.0 Å². The molecule has 35 valence electrons. The fourth-order valence-corrected chi connectivity index (χ4v) is 0.167. The van der Waals surface area contributed by atoms with Crippen molar-refractivity contribution in [2.24, 2.45) is 0 Å². The summed E-state index contributed by atoms with van der Waals surface area (Å²) in [6, 6.07) is -0.0509. The summed E-state index contributed by atoms with van der Waals surface area (Å²) >= 11 is 0. The second-order valence-electron chi connectivity index (χ2n) is 1.25. The fourth-order valence-electron chi connectivity index (χ4n) is 0.167.